The molecule has 0 aliphatic heterocycles. The second-order valence-electron chi connectivity index (χ2n) is 7.26. The molecule has 132 valence electrons. The summed E-state index contributed by atoms with van der Waals surface area (Å²) in [5.74, 6) is 0. The number of thiophene rings is 1. The molecule has 0 atom stereocenters. The zero-order chi connectivity index (χ0) is 18.3. The average Bonchev–Trinajstić information content (AvgIpc) is 3.27. The van der Waals surface area contributed by atoms with Crippen LogP contribution in [-0.2, 0) is 12.1 Å². The first-order chi connectivity index (χ1) is 12.4. The summed E-state index contributed by atoms with van der Waals surface area (Å²) in [6.45, 7) is 6.58. The van der Waals surface area contributed by atoms with Crippen LogP contribution in [0.1, 0.15) is 26.3 Å². The Morgan fingerprint density at radius 1 is 1.08 bits per heavy atom. The van der Waals surface area contributed by atoms with E-state index in [1.165, 1.54) is 0 Å². The summed E-state index contributed by atoms with van der Waals surface area (Å²) < 4.78 is 3.36. The lowest BCUT2D eigenvalue weighted by Crippen LogP contribution is -2.30. The number of hydrogen-bond acceptors (Lipinski definition) is 4. The monoisotopic (exact) mass is 364 g/mol. The van der Waals surface area contributed by atoms with Gasteiger partial charge in [0.05, 0.1) is 28.5 Å². The van der Waals surface area contributed by atoms with Crippen LogP contribution in [0, 0.1) is 0 Å². The van der Waals surface area contributed by atoms with Crippen molar-refractivity contribution in [3.05, 3.63) is 70.0 Å². The fourth-order valence-electron chi connectivity index (χ4n) is 3.04. The second kappa shape index (κ2) is 6.21. The van der Waals surface area contributed by atoms with E-state index >= 15 is 0 Å². The van der Waals surface area contributed by atoms with Crippen molar-refractivity contribution in [3.8, 4) is 10.6 Å². The predicted octanol–water partition coefficient (Wildman–Crippen LogP) is 4.12. The summed E-state index contributed by atoms with van der Waals surface area (Å²) in [7, 11) is 0. The molecule has 0 amide bonds. The van der Waals surface area contributed by atoms with E-state index in [0.717, 1.165) is 21.5 Å². The third-order valence-electron chi connectivity index (χ3n) is 4.25. The molecule has 0 aliphatic carbocycles. The maximum absolute atomic E-state index is 13.2. The molecule has 0 fully saturated rings. The first kappa shape index (κ1) is 16.7. The van der Waals surface area contributed by atoms with E-state index in [0.29, 0.717) is 12.1 Å². The van der Waals surface area contributed by atoms with Gasteiger partial charge in [-0.1, -0.05) is 36.4 Å². The second-order valence-corrected chi connectivity index (χ2v) is 8.21. The highest BCUT2D eigenvalue weighted by Crippen LogP contribution is 2.30. The third-order valence-corrected chi connectivity index (χ3v) is 5.12. The largest absolute Gasteiger partial charge is 0.293 e. The zero-order valence-electron chi connectivity index (χ0n) is 15.0. The summed E-state index contributed by atoms with van der Waals surface area (Å²) in [4.78, 5) is 14.3. The van der Waals surface area contributed by atoms with Gasteiger partial charge < -0.3 is 0 Å². The first-order valence-corrected chi connectivity index (χ1v) is 9.40. The molecular weight excluding hydrogens is 344 g/mol. The van der Waals surface area contributed by atoms with Gasteiger partial charge in [0.1, 0.15) is 11.2 Å². The third kappa shape index (κ3) is 2.86. The van der Waals surface area contributed by atoms with Crippen molar-refractivity contribution >= 4 is 22.2 Å². The SMILES string of the molecule is CC(C)(C)n1ncc2c(-c3cccs3)nn(Cc3ccccc3)c(=O)c21. The smallest absolute Gasteiger partial charge is 0.265 e. The normalized spacial score (nSPS) is 12.0. The Kier molecular flexibility index (Phi) is 4.00. The maximum atomic E-state index is 13.2. The number of fused-ring (bicyclic) bond motifs is 1. The minimum atomic E-state index is -0.292. The van der Waals surface area contributed by atoms with Gasteiger partial charge >= 0.3 is 0 Å². The fraction of sp³-hybridized carbons (Fsp3) is 0.250. The fourth-order valence-corrected chi connectivity index (χ4v) is 3.76. The molecule has 0 N–H and O–H groups in total. The predicted molar refractivity (Wildman–Crippen MR) is 106 cm³/mol. The lowest BCUT2D eigenvalue weighted by molar-refractivity contribution is 0.366. The van der Waals surface area contributed by atoms with E-state index in [2.05, 4.69) is 5.10 Å². The number of rotatable bonds is 3. The first-order valence-electron chi connectivity index (χ1n) is 8.52. The molecule has 26 heavy (non-hydrogen) atoms. The molecule has 0 spiro atoms. The number of hydrogen-bond donors (Lipinski definition) is 0. The molecule has 3 heterocycles. The van der Waals surface area contributed by atoms with Gasteiger partial charge in [0, 0.05) is 0 Å². The highest BCUT2D eigenvalue weighted by Gasteiger charge is 2.23. The van der Waals surface area contributed by atoms with Gasteiger partial charge in [0.15, 0.2) is 0 Å². The number of benzene rings is 1. The number of aromatic nitrogens is 4. The van der Waals surface area contributed by atoms with Crippen LogP contribution in [0.2, 0.25) is 0 Å². The van der Waals surface area contributed by atoms with Gasteiger partial charge in [-0.25, -0.2) is 4.68 Å². The van der Waals surface area contributed by atoms with Crippen LogP contribution in [0.4, 0.5) is 0 Å². The van der Waals surface area contributed by atoms with Crippen molar-refractivity contribution in [3.63, 3.8) is 0 Å². The van der Waals surface area contributed by atoms with Gasteiger partial charge in [-0.2, -0.15) is 10.2 Å². The number of nitrogens with zero attached hydrogens (tertiary/aromatic N) is 4. The van der Waals surface area contributed by atoms with Crippen LogP contribution in [0.3, 0.4) is 0 Å². The Bertz CT molecular complexity index is 1100. The van der Waals surface area contributed by atoms with Gasteiger partial charge in [-0.05, 0) is 37.8 Å². The van der Waals surface area contributed by atoms with Gasteiger partial charge in [-0.3, -0.25) is 9.48 Å². The van der Waals surface area contributed by atoms with E-state index in [-0.39, 0.29) is 11.1 Å². The standard InChI is InChI=1S/C20H20N4OS/c1-20(2,3)24-18-15(12-21-24)17(16-10-7-11-26-16)22-23(19(18)25)13-14-8-5-4-6-9-14/h4-12H,13H2,1-3H3. The van der Waals surface area contributed by atoms with E-state index < -0.39 is 0 Å². The summed E-state index contributed by atoms with van der Waals surface area (Å²) in [5, 5.41) is 12.0. The molecule has 0 unspecified atom stereocenters. The van der Waals surface area contributed by atoms with E-state index in [4.69, 9.17) is 5.10 Å². The van der Waals surface area contributed by atoms with Crippen LogP contribution >= 0.6 is 11.3 Å². The van der Waals surface area contributed by atoms with Crippen molar-refractivity contribution in [2.24, 2.45) is 0 Å². The molecule has 0 saturated heterocycles. The quantitative estimate of drug-likeness (QED) is 0.549. The zero-order valence-corrected chi connectivity index (χ0v) is 15.8. The minimum Gasteiger partial charge on any atom is -0.265 e. The Balaban J connectivity index is 2.00. The minimum absolute atomic E-state index is 0.114. The molecule has 0 bridgehead atoms. The summed E-state index contributed by atoms with van der Waals surface area (Å²) in [5.41, 5.74) is 2.05. The molecule has 3 aromatic heterocycles. The topological polar surface area (TPSA) is 52.7 Å². The van der Waals surface area contributed by atoms with Gasteiger partial charge in [-0.15, -0.1) is 11.3 Å². The van der Waals surface area contributed by atoms with Crippen LogP contribution in [-0.4, -0.2) is 19.6 Å². The summed E-state index contributed by atoms with van der Waals surface area (Å²) in [6.07, 6.45) is 1.76. The van der Waals surface area contributed by atoms with Crippen molar-refractivity contribution < 1.29 is 0 Å². The Morgan fingerprint density at radius 2 is 1.85 bits per heavy atom. The average molecular weight is 364 g/mol. The van der Waals surface area contributed by atoms with Crippen LogP contribution in [0.25, 0.3) is 21.5 Å². The van der Waals surface area contributed by atoms with Crippen molar-refractivity contribution in [2.75, 3.05) is 0 Å². The van der Waals surface area contributed by atoms with Crippen LogP contribution in [0.15, 0.2) is 58.8 Å². The van der Waals surface area contributed by atoms with Gasteiger partial charge in [0.25, 0.3) is 5.56 Å². The van der Waals surface area contributed by atoms with E-state index in [1.54, 1.807) is 22.2 Å². The molecule has 1 aromatic carbocycles. The molecule has 4 aromatic rings. The molecule has 0 saturated carbocycles. The van der Waals surface area contributed by atoms with E-state index in [1.807, 2.05) is 73.3 Å². The van der Waals surface area contributed by atoms with Gasteiger partial charge in [0.2, 0.25) is 0 Å². The highest BCUT2D eigenvalue weighted by atomic mass is 32.1. The Hall–Kier alpha value is -2.73. The molecule has 4 rings (SSSR count). The Labute approximate surface area is 155 Å². The molecule has 0 aliphatic rings. The lowest BCUT2D eigenvalue weighted by Gasteiger charge is -2.20. The van der Waals surface area contributed by atoms with Crippen molar-refractivity contribution in [1.82, 2.24) is 19.6 Å². The van der Waals surface area contributed by atoms with E-state index in [9.17, 15) is 4.79 Å². The van der Waals surface area contributed by atoms with Crippen molar-refractivity contribution in [2.45, 2.75) is 32.9 Å². The Morgan fingerprint density at radius 3 is 2.50 bits per heavy atom. The molecule has 0 radical (unpaired) electrons. The molecule has 5 nitrogen and oxygen atoms in total. The lowest BCUT2D eigenvalue weighted by atomic mass is 10.1. The maximum Gasteiger partial charge on any atom is 0.293 e. The van der Waals surface area contributed by atoms with Crippen LogP contribution < -0.4 is 5.56 Å². The molecular formula is C20H20N4OS. The summed E-state index contributed by atoms with van der Waals surface area (Å²) >= 11 is 1.61. The van der Waals surface area contributed by atoms with Crippen molar-refractivity contribution in [1.29, 1.82) is 0 Å². The highest BCUT2D eigenvalue weighted by molar-refractivity contribution is 7.13. The summed E-state index contributed by atoms with van der Waals surface area (Å²) in [6, 6.07) is 13.9. The molecule has 6 heteroatoms. The van der Waals surface area contributed by atoms with Crippen LogP contribution in [0.5, 0.6) is 0 Å².